The first-order valence-electron chi connectivity index (χ1n) is 10.9. The van der Waals surface area contributed by atoms with Gasteiger partial charge in [0.15, 0.2) is 0 Å². The molecule has 1 fully saturated rings. The summed E-state index contributed by atoms with van der Waals surface area (Å²) in [5.74, 6) is -0.338. The van der Waals surface area contributed by atoms with E-state index in [0.717, 1.165) is 33.4 Å². The summed E-state index contributed by atoms with van der Waals surface area (Å²) in [6.07, 6.45) is 1.62. The van der Waals surface area contributed by atoms with E-state index in [0.29, 0.717) is 28.6 Å². The first-order chi connectivity index (χ1) is 16.8. The third kappa shape index (κ3) is 6.12. The van der Waals surface area contributed by atoms with Crippen molar-refractivity contribution in [3.63, 3.8) is 0 Å². The highest BCUT2D eigenvalue weighted by molar-refractivity contribution is 8.18. The van der Waals surface area contributed by atoms with Crippen LogP contribution in [0.25, 0.3) is 6.08 Å². The molecule has 35 heavy (non-hydrogen) atoms. The molecule has 1 aliphatic heterocycles. The molecule has 3 aromatic rings. The fraction of sp³-hybridized carbons (Fsp3) is 0.148. The third-order valence-electron chi connectivity index (χ3n) is 5.47. The van der Waals surface area contributed by atoms with Gasteiger partial charge >= 0.3 is 0 Å². The summed E-state index contributed by atoms with van der Waals surface area (Å²) in [5.41, 5.74) is 4.33. The number of carbonyl (C=O) groups is 3. The van der Waals surface area contributed by atoms with Crippen LogP contribution in [0.1, 0.15) is 22.3 Å². The molecule has 0 aliphatic carbocycles. The van der Waals surface area contributed by atoms with Gasteiger partial charge in [0.2, 0.25) is 5.91 Å². The molecule has 8 heteroatoms. The molecule has 0 aromatic heterocycles. The lowest BCUT2D eigenvalue weighted by molar-refractivity contribution is -0.127. The number of imide groups is 1. The van der Waals surface area contributed by atoms with E-state index < -0.39 is 17.1 Å². The van der Waals surface area contributed by atoms with Crippen LogP contribution in [0.2, 0.25) is 5.02 Å². The first kappa shape index (κ1) is 24.6. The fourth-order valence-corrected chi connectivity index (χ4v) is 4.45. The Labute approximate surface area is 212 Å². The van der Waals surface area contributed by atoms with Gasteiger partial charge in [-0.2, -0.15) is 0 Å². The molecule has 1 aliphatic rings. The number of nitrogens with zero attached hydrogens (tertiary/aromatic N) is 1. The molecule has 1 N–H and O–H groups in total. The minimum atomic E-state index is -0.502. The maximum atomic E-state index is 12.8. The monoisotopic (exact) mass is 506 g/mol. The van der Waals surface area contributed by atoms with Crippen molar-refractivity contribution < 1.29 is 19.1 Å². The van der Waals surface area contributed by atoms with Crippen molar-refractivity contribution in [3.05, 3.63) is 98.9 Å². The van der Waals surface area contributed by atoms with Gasteiger partial charge in [-0.25, -0.2) is 0 Å². The van der Waals surface area contributed by atoms with E-state index in [1.165, 1.54) is 0 Å². The van der Waals surface area contributed by atoms with E-state index in [1.807, 2.05) is 50.2 Å². The first-order valence-corrected chi connectivity index (χ1v) is 12.1. The van der Waals surface area contributed by atoms with Crippen LogP contribution in [0.5, 0.6) is 5.75 Å². The highest BCUT2D eigenvalue weighted by atomic mass is 35.5. The van der Waals surface area contributed by atoms with Crippen molar-refractivity contribution in [3.8, 4) is 5.75 Å². The lowest BCUT2D eigenvalue weighted by Gasteiger charge is -2.13. The van der Waals surface area contributed by atoms with Crippen LogP contribution in [0.15, 0.2) is 71.6 Å². The zero-order valence-electron chi connectivity index (χ0n) is 19.2. The van der Waals surface area contributed by atoms with Gasteiger partial charge in [0, 0.05) is 16.3 Å². The van der Waals surface area contributed by atoms with Crippen LogP contribution in [0.4, 0.5) is 10.5 Å². The number of halogens is 1. The second-order valence-electron chi connectivity index (χ2n) is 8.07. The highest BCUT2D eigenvalue weighted by Gasteiger charge is 2.36. The van der Waals surface area contributed by atoms with Gasteiger partial charge in [0.25, 0.3) is 11.1 Å². The summed E-state index contributed by atoms with van der Waals surface area (Å²) >= 11 is 6.99. The molecule has 0 spiro atoms. The van der Waals surface area contributed by atoms with Crippen LogP contribution in [-0.4, -0.2) is 28.5 Å². The molecule has 3 aromatic carbocycles. The molecule has 0 unspecified atom stereocenters. The Morgan fingerprint density at radius 3 is 2.60 bits per heavy atom. The van der Waals surface area contributed by atoms with Crippen LogP contribution < -0.4 is 10.1 Å². The van der Waals surface area contributed by atoms with E-state index in [4.69, 9.17) is 16.3 Å². The van der Waals surface area contributed by atoms with E-state index in [2.05, 4.69) is 5.32 Å². The molecular formula is C27H23ClN2O4S. The fourth-order valence-electron chi connectivity index (χ4n) is 3.42. The Hall–Kier alpha value is -3.55. The SMILES string of the molecule is Cc1ccc(NC(=O)CN2C(=O)S/C(=C/c3cccc(OCc4ccccc4Cl)c3)C2=O)cc1C. The minimum absolute atomic E-state index is 0.247. The van der Waals surface area contributed by atoms with Crippen molar-refractivity contribution in [2.75, 3.05) is 11.9 Å². The van der Waals surface area contributed by atoms with Crippen molar-refractivity contribution in [2.24, 2.45) is 0 Å². The van der Waals surface area contributed by atoms with E-state index in [-0.39, 0.29) is 11.4 Å². The van der Waals surface area contributed by atoms with E-state index in [1.54, 1.807) is 36.4 Å². The zero-order valence-corrected chi connectivity index (χ0v) is 20.8. The number of aryl methyl sites for hydroxylation is 2. The molecule has 3 amide bonds. The van der Waals surface area contributed by atoms with E-state index in [9.17, 15) is 14.4 Å². The Balaban J connectivity index is 1.40. The van der Waals surface area contributed by atoms with Gasteiger partial charge in [-0.05, 0) is 78.7 Å². The average molecular weight is 507 g/mol. The van der Waals surface area contributed by atoms with Gasteiger partial charge in [-0.15, -0.1) is 0 Å². The topological polar surface area (TPSA) is 75.7 Å². The summed E-state index contributed by atoms with van der Waals surface area (Å²) in [7, 11) is 0. The third-order valence-corrected chi connectivity index (χ3v) is 6.75. The minimum Gasteiger partial charge on any atom is -0.489 e. The Morgan fingerprint density at radius 1 is 1.03 bits per heavy atom. The quantitative estimate of drug-likeness (QED) is 0.385. The van der Waals surface area contributed by atoms with Gasteiger partial charge < -0.3 is 10.1 Å². The molecular weight excluding hydrogens is 484 g/mol. The second-order valence-corrected chi connectivity index (χ2v) is 9.47. The number of hydrogen-bond donors (Lipinski definition) is 1. The van der Waals surface area contributed by atoms with Crippen LogP contribution in [-0.2, 0) is 16.2 Å². The second kappa shape index (κ2) is 10.8. The number of carbonyl (C=O) groups excluding carboxylic acids is 3. The van der Waals surface area contributed by atoms with Gasteiger partial charge in [0.1, 0.15) is 18.9 Å². The lowest BCUT2D eigenvalue weighted by atomic mass is 10.1. The number of hydrogen-bond acceptors (Lipinski definition) is 5. The van der Waals surface area contributed by atoms with Crippen molar-refractivity contribution in [1.82, 2.24) is 4.90 Å². The predicted molar refractivity (Wildman–Crippen MR) is 139 cm³/mol. The number of benzene rings is 3. The summed E-state index contributed by atoms with van der Waals surface area (Å²) in [6, 6.07) is 20.2. The Kier molecular flexibility index (Phi) is 7.58. The molecule has 0 radical (unpaired) electrons. The number of rotatable bonds is 7. The maximum absolute atomic E-state index is 12.8. The molecule has 0 saturated carbocycles. The van der Waals surface area contributed by atoms with Gasteiger partial charge in [-0.3, -0.25) is 19.3 Å². The van der Waals surface area contributed by atoms with E-state index >= 15 is 0 Å². The number of thioether (sulfide) groups is 1. The summed E-state index contributed by atoms with van der Waals surface area (Å²) < 4.78 is 5.84. The van der Waals surface area contributed by atoms with Crippen molar-refractivity contribution in [2.45, 2.75) is 20.5 Å². The molecule has 6 nitrogen and oxygen atoms in total. The number of nitrogens with one attached hydrogen (secondary N) is 1. The molecule has 1 heterocycles. The Morgan fingerprint density at radius 2 is 1.83 bits per heavy atom. The molecule has 4 rings (SSSR count). The summed E-state index contributed by atoms with van der Waals surface area (Å²) in [5, 5.41) is 2.88. The standard InChI is InChI=1S/C27H23ClN2O4S/c1-17-10-11-21(12-18(17)2)29-25(31)15-30-26(32)24(35-27(30)33)14-19-6-5-8-22(13-19)34-16-20-7-3-4-9-23(20)28/h3-14H,15-16H2,1-2H3,(H,29,31)/b24-14+. The lowest BCUT2D eigenvalue weighted by Crippen LogP contribution is -2.36. The number of amides is 3. The predicted octanol–water partition coefficient (Wildman–Crippen LogP) is 6.21. The smallest absolute Gasteiger partial charge is 0.294 e. The number of ether oxygens (including phenoxy) is 1. The Bertz CT molecular complexity index is 1340. The zero-order chi connectivity index (χ0) is 24.9. The van der Waals surface area contributed by atoms with Gasteiger partial charge in [-0.1, -0.05) is 48.0 Å². The van der Waals surface area contributed by atoms with Crippen LogP contribution >= 0.6 is 23.4 Å². The summed E-state index contributed by atoms with van der Waals surface area (Å²) in [6.45, 7) is 3.88. The largest absolute Gasteiger partial charge is 0.489 e. The van der Waals surface area contributed by atoms with Crippen molar-refractivity contribution >= 4 is 52.2 Å². The maximum Gasteiger partial charge on any atom is 0.294 e. The number of anilines is 1. The molecule has 0 atom stereocenters. The molecule has 178 valence electrons. The normalized spacial score (nSPS) is 14.5. The highest BCUT2D eigenvalue weighted by Crippen LogP contribution is 2.32. The molecule has 1 saturated heterocycles. The van der Waals surface area contributed by atoms with Crippen LogP contribution in [0, 0.1) is 13.8 Å². The van der Waals surface area contributed by atoms with Crippen molar-refractivity contribution in [1.29, 1.82) is 0 Å². The average Bonchev–Trinajstić information content (AvgIpc) is 3.08. The van der Waals surface area contributed by atoms with Crippen LogP contribution in [0.3, 0.4) is 0 Å². The molecule has 0 bridgehead atoms. The summed E-state index contributed by atoms with van der Waals surface area (Å²) in [4.78, 5) is 38.9. The van der Waals surface area contributed by atoms with Gasteiger partial charge in [0.05, 0.1) is 4.91 Å².